The molecule has 0 saturated heterocycles. The maximum absolute atomic E-state index is 10.8. The standard InChI is InChI=1S/C29H24O4/c1-17-12-21-15-25(19-6-10-23(31)11-7-19)28-20(5-2-18-3-8-22(30)9-4-18)14-24(32)16-26(28)29(21)27(33)13-17/h2-14,16,25,30-33H,15H2,1H3/b5-2+. The van der Waals surface area contributed by atoms with Gasteiger partial charge in [0.25, 0.3) is 0 Å². The summed E-state index contributed by atoms with van der Waals surface area (Å²) in [6.45, 7) is 1.96. The Kier molecular flexibility index (Phi) is 5.06. The third-order valence-electron chi connectivity index (χ3n) is 6.23. The number of phenolic OH excluding ortho intramolecular Hbond substituents is 4. The third kappa shape index (κ3) is 3.92. The topological polar surface area (TPSA) is 80.9 Å². The highest BCUT2D eigenvalue weighted by molar-refractivity contribution is 5.86. The molecule has 0 fully saturated rings. The number of aromatic hydroxyl groups is 4. The molecule has 4 aromatic rings. The van der Waals surface area contributed by atoms with Gasteiger partial charge in [0.1, 0.15) is 23.0 Å². The lowest BCUT2D eigenvalue weighted by Crippen LogP contribution is -2.14. The van der Waals surface area contributed by atoms with Crippen LogP contribution in [0.5, 0.6) is 23.0 Å². The van der Waals surface area contributed by atoms with E-state index in [1.165, 1.54) is 0 Å². The van der Waals surface area contributed by atoms with Crippen LogP contribution in [-0.4, -0.2) is 20.4 Å². The zero-order chi connectivity index (χ0) is 23.1. The summed E-state index contributed by atoms with van der Waals surface area (Å²) < 4.78 is 0. The molecule has 33 heavy (non-hydrogen) atoms. The van der Waals surface area contributed by atoms with Gasteiger partial charge >= 0.3 is 0 Å². The fourth-order valence-electron chi connectivity index (χ4n) is 4.79. The highest BCUT2D eigenvalue weighted by Crippen LogP contribution is 2.49. The number of hydrogen-bond donors (Lipinski definition) is 4. The molecular weight excluding hydrogens is 412 g/mol. The number of hydrogen-bond acceptors (Lipinski definition) is 4. The maximum atomic E-state index is 10.8. The Labute approximate surface area is 192 Å². The summed E-state index contributed by atoms with van der Waals surface area (Å²) in [5.74, 6) is 0.721. The maximum Gasteiger partial charge on any atom is 0.123 e. The first-order valence-electron chi connectivity index (χ1n) is 10.8. The highest BCUT2D eigenvalue weighted by Gasteiger charge is 2.30. The molecule has 0 bridgehead atoms. The van der Waals surface area contributed by atoms with Crippen molar-refractivity contribution in [1.82, 2.24) is 0 Å². The van der Waals surface area contributed by atoms with Gasteiger partial charge in [-0.2, -0.15) is 0 Å². The van der Waals surface area contributed by atoms with E-state index in [4.69, 9.17) is 0 Å². The molecule has 4 aromatic carbocycles. The van der Waals surface area contributed by atoms with Gasteiger partial charge in [-0.1, -0.05) is 42.5 Å². The summed E-state index contributed by atoms with van der Waals surface area (Å²) >= 11 is 0. The van der Waals surface area contributed by atoms with E-state index >= 15 is 0 Å². The molecule has 5 rings (SSSR count). The minimum atomic E-state index is -0.0191. The van der Waals surface area contributed by atoms with Gasteiger partial charge in [0, 0.05) is 11.5 Å². The molecule has 0 aliphatic heterocycles. The number of fused-ring (bicyclic) bond motifs is 3. The summed E-state index contributed by atoms with van der Waals surface area (Å²) in [5, 5.41) is 40.8. The van der Waals surface area contributed by atoms with Crippen LogP contribution in [0.4, 0.5) is 0 Å². The van der Waals surface area contributed by atoms with Crippen molar-refractivity contribution in [2.45, 2.75) is 19.3 Å². The second-order valence-corrected chi connectivity index (χ2v) is 8.59. The van der Waals surface area contributed by atoms with Crippen molar-refractivity contribution in [2.24, 2.45) is 0 Å². The van der Waals surface area contributed by atoms with Crippen molar-refractivity contribution in [3.63, 3.8) is 0 Å². The van der Waals surface area contributed by atoms with Crippen LogP contribution in [0.1, 0.15) is 39.3 Å². The quantitative estimate of drug-likeness (QED) is 0.282. The second-order valence-electron chi connectivity index (χ2n) is 8.59. The number of benzene rings is 4. The monoisotopic (exact) mass is 436 g/mol. The fraction of sp³-hybridized carbons (Fsp3) is 0.103. The fourth-order valence-corrected chi connectivity index (χ4v) is 4.79. The number of rotatable bonds is 3. The Balaban J connectivity index is 1.73. The van der Waals surface area contributed by atoms with Crippen LogP contribution in [0, 0.1) is 6.92 Å². The normalized spacial score (nSPS) is 14.8. The molecule has 0 radical (unpaired) electrons. The Hall–Kier alpha value is -4.18. The Morgan fingerprint density at radius 2 is 1.39 bits per heavy atom. The van der Waals surface area contributed by atoms with Gasteiger partial charge in [-0.25, -0.2) is 0 Å². The van der Waals surface area contributed by atoms with Crippen LogP contribution in [0.25, 0.3) is 23.3 Å². The van der Waals surface area contributed by atoms with Crippen molar-refractivity contribution in [3.05, 3.63) is 106 Å². The first kappa shape index (κ1) is 20.7. The van der Waals surface area contributed by atoms with Crippen LogP contribution in [-0.2, 0) is 6.42 Å². The average molecular weight is 437 g/mol. The molecule has 0 spiro atoms. The first-order valence-corrected chi connectivity index (χ1v) is 10.8. The lowest BCUT2D eigenvalue weighted by molar-refractivity contribution is 0.472. The summed E-state index contributed by atoms with van der Waals surface area (Å²) in [7, 11) is 0. The Morgan fingerprint density at radius 1 is 0.727 bits per heavy atom. The predicted molar refractivity (Wildman–Crippen MR) is 131 cm³/mol. The summed E-state index contributed by atoms with van der Waals surface area (Å²) in [5.41, 5.74) is 7.38. The smallest absolute Gasteiger partial charge is 0.123 e. The van der Waals surface area contributed by atoms with Gasteiger partial charge in [0.2, 0.25) is 0 Å². The van der Waals surface area contributed by atoms with Gasteiger partial charge in [-0.3, -0.25) is 0 Å². The second kappa shape index (κ2) is 8.06. The van der Waals surface area contributed by atoms with Gasteiger partial charge in [0.15, 0.2) is 0 Å². The van der Waals surface area contributed by atoms with E-state index in [2.05, 4.69) is 6.07 Å². The highest BCUT2D eigenvalue weighted by atomic mass is 16.3. The molecule has 1 aliphatic rings. The molecule has 0 saturated carbocycles. The van der Waals surface area contributed by atoms with Crippen molar-refractivity contribution in [3.8, 4) is 34.1 Å². The third-order valence-corrected chi connectivity index (χ3v) is 6.23. The summed E-state index contributed by atoms with van der Waals surface area (Å²) in [6, 6.07) is 21.4. The van der Waals surface area contributed by atoms with Gasteiger partial charge < -0.3 is 20.4 Å². The van der Waals surface area contributed by atoms with Gasteiger partial charge in [-0.05, 0) is 94.8 Å². The average Bonchev–Trinajstić information content (AvgIpc) is 2.78. The van der Waals surface area contributed by atoms with Crippen LogP contribution in [0.15, 0.2) is 72.8 Å². The van der Waals surface area contributed by atoms with Crippen LogP contribution >= 0.6 is 0 Å². The summed E-state index contributed by atoms with van der Waals surface area (Å²) in [6.07, 6.45) is 4.58. The summed E-state index contributed by atoms with van der Waals surface area (Å²) in [4.78, 5) is 0. The number of aryl methyl sites for hydroxylation is 1. The molecule has 4 heteroatoms. The molecule has 164 valence electrons. The molecular formula is C29H24O4. The van der Waals surface area contributed by atoms with Gasteiger partial charge in [-0.15, -0.1) is 0 Å². The molecule has 1 atom stereocenters. The van der Waals surface area contributed by atoms with E-state index in [0.29, 0.717) is 6.42 Å². The van der Waals surface area contributed by atoms with Crippen LogP contribution in [0.3, 0.4) is 0 Å². The van der Waals surface area contributed by atoms with E-state index in [1.807, 2.05) is 43.3 Å². The molecule has 1 unspecified atom stereocenters. The largest absolute Gasteiger partial charge is 0.508 e. The lowest BCUT2D eigenvalue weighted by Gasteiger charge is -2.31. The van der Waals surface area contributed by atoms with E-state index in [9.17, 15) is 20.4 Å². The van der Waals surface area contributed by atoms with E-state index in [-0.39, 0.29) is 28.9 Å². The van der Waals surface area contributed by atoms with Crippen LogP contribution in [0.2, 0.25) is 0 Å². The molecule has 0 aromatic heterocycles. The van der Waals surface area contributed by atoms with Crippen molar-refractivity contribution in [2.75, 3.05) is 0 Å². The van der Waals surface area contributed by atoms with Gasteiger partial charge in [0.05, 0.1) is 0 Å². The zero-order valence-electron chi connectivity index (χ0n) is 18.2. The molecule has 0 amide bonds. The molecule has 4 nitrogen and oxygen atoms in total. The van der Waals surface area contributed by atoms with E-state index in [0.717, 1.165) is 44.5 Å². The number of phenols is 4. The van der Waals surface area contributed by atoms with Crippen molar-refractivity contribution in [1.29, 1.82) is 0 Å². The molecule has 0 heterocycles. The van der Waals surface area contributed by atoms with E-state index in [1.54, 1.807) is 42.5 Å². The lowest BCUT2D eigenvalue weighted by atomic mass is 9.73. The van der Waals surface area contributed by atoms with E-state index < -0.39 is 0 Å². The zero-order valence-corrected chi connectivity index (χ0v) is 18.2. The first-order chi connectivity index (χ1) is 15.9. The Bertz CT molecular complexity index is 1370. The minimum absolute atomic E-state index is 0.0191. The van der Waals surface area contributed by atoms with Crippen molar-refractivity contribution >= 4 is 12.2 Å². The molecule has 4 N–H and O–H groups in total. The van der Waals surface area contributed by atoms with Crippen molar-refractivity contribution < 1.29 is 20.4 Å². The van der Waals surface area contributed by atoms with Crippen LogP contribution < -0.4 is 0 Å². The Morgan fingerprint density at radius 3 is 2.09 bits per heavy atom. The predicted octanol–water partition coefficient (Wildman–Crippen LogP) is 6.34. The SMILES string of the molecule is Cc1cc(O)c2c(c1)CC(c1ccc(O)cc1)c1c(/C=C/c3ccc(O)cc3)cc(O)cc1-2. The molecule has 1 aliphatic carbocycles. The minimum Gasteiger partial charge on any atom is -0.508 e.